The van der Waals surface area contributed by atoms with Crippen molar-refractivity contribution in [2.75, 3.05) is 6.61 Å². The van der Waals surface area contributed by atoms with Crippen molar-refractivity contribution in [3.05, 3.63) is 17.2 Å². The van der Waals surface area contributed by atoms with Gasteiger partial charge < -0.3 is 9.72 Å². The number of aromatic amines is 1. The van der Waals surface area contributed by atoms with Crippen LogP contribution in [0.3, 0.4) is 0 Å². The van der Waals surface area contributed by atoms with E-state index in [-0.39, 0.29) is 0 Å². The molecular formula is C8H14N2O2S. The Morgan fingerprint density at radius 1 is 1.69 bits per heavy atom. The van der Waals surface area contributed by atoms with Gasteiger partial charge in [-0.1, -0.05) is 13.8 Å². The molecule has 1 aromatic rings. The number of aromatic nitrogens is 2. The summed E-state index contributed by atoms with van der Waals surface area (Å²) in [6.45, 7) is 6.10. The highest BCUT2D eigenvalue weighted by molar-refractivity contribution is 7.71. The number of imidazole rings is 1. The third-order valence-corrected chi connectivity index (χ3v) is 1.43. The second-order valence-electron chi connectivity index (χ2n) is 1.83. The monoisotopic (exact) mass is 202 g/mol. The molecule has 0 aromatic carbocycles. The van der Waals surface area contributed by atoms with Gasteiger partial charge >= 0.3 is 6.09 Å². The molecular weight excluding hydrogens is 188 g/mol. The van der Waals surface area contributed by atoms with E-state index in [0.717, 1.165) is 0 Å². The minimum Gasteiger partial charge on any atom is -0.449 e. The summed E-state index contributed by atoms with van der Waals surface area (Å²) in [5.74, 6) is 0. The van der Waals surface area contributed by atoms with Gasteiger partial charge in [0.1, 0.15) is 0 Å². The SMILES string of the molecule is CC.CCOC(=O)n1cc[nH]c1=S. The van der Waals surface area contributed by atoms with Gasteiger partial charge in [-0.25, -0.2) is 9.36 Å². The maximum Gasteiger partial charge on any atom is 0.420 e. The molecule has 4 nitrogen and oxygen atoms in total. The van der Waals surface area contributed by atoms with Crippen LogP contribution in [0.1, 0.15) is 20.8 Å². The van der Waals surface area contributed by atoms with Crippen LogP contribution >= 0.6 is 12.2 Å². The first-order chi connectivity index (χ1) is 6.25. The number of nitrogens with one attached hydrogen (secondary N) is 1. The molecule has 74 valence electrons. The highest BCUT2D eigenvalue weighted by Crippen LogP contribution is 1.92. The smallest absolute Gasteiger partial charge is 0.420 e. The second-order valence-corrected chi connectivity index (χ2v) is 2.22. The Hall–Kier alpha value is -1.10. The predicted octanol–water partition coefficient (Wildman–Crippen LogP) is 2.58. The molecule has 1 heterocycles. The highest BCUT2D eigenvalue weighted by Gasteiger charge is 2.03. The van der Waals surface area contributed by atoms with Crippen molar-refractivity contribution in [1.29, 1.82) is 0 Å². The van der Waals surface area contributed by atoms with Crippen LogP contribution in [0.2, 0.25) is 0 Å². The maximum absolute atomic E-state index is 11.0. The van der Waals surface area contributed by atoms with E-state index in [4.69, 9.17) is 17.0 Å². The average molecular weight is 202 g/mol. The molecule has 0 saturated carbocycles. The summed E-state index contributed by atoms with van der Waals surface area (Å²) in [7, 11) is 0. The van der Waals surface area contributed by atoms with E-state index in [0.29, 0.717) is 11.4 Å². The molecule has 13 heavy (non-hydrogen) atoms. The molecule has 0 amide bonds. The maximum atomic E-state index is 11.0. The van der Waals surface area contributed by atoms with Gasteiger partial charge in [0.2, 0.25) is 0 Å². The molecule has 0 saturated heterocycles. The molecule has 0 radical (unpaired) electrons. The van der Waals surface area contributed by atoms with E-state index in [1.807, 2.05) is 13.8 Å². The molecule has 0 aliphatic heterocycles. The molecule has 1 aromatic heterocycles. The first-order valence-electron chi connectivity index (χ1n) is 4.19. The first kappa shape index (κ1) is 11.9. The summed E-state index contributed by atoms with van der Waals surface area (Å²) in [5.41, 5.74) is 0. The number of rotatable bonds is 1. The molecule has 0 aliphatic carbocycles. The standard InChI is InChI=1S/C6H8N2O2S.C2H6/c1-2-10-6(9)8-4-3-7-5(8)11;1-2/h3-4H,2H2,1H3,(H,7,11);1-2H3. The van der Waals surface area contributed by atoms with Gasteiger partial charge in [-0.05, 0) is 19.1 Å². The molecule has 0 unspecified atom stereocenters. The van der Waals surface area contributed by atoms with Gasteiger partial charge in [-0.15, -0.1) is 0 Å². The average Bonchev–Trinajstić information content (AvgIpc) is 2.55. The van der Waals surface area contributed by atoms with Crippen LogP contribution in [0.25, 0.3) is 0 Å². The van der Waals surface area contributed by atoms with Gasteiger partial charge in [0.05, 0.1) is 6.61 Å². The number of hydrogen-bond donors (Lipinski definition) is 1. The van der Waals surface area contributed by atoms with Crippen molar-refractivity contribution in [1.82, 2.24) is 9.55 Å². The number of carbonyl (C=O) groups is 1. The minimum absolute atomic E-state index is 0.350. The fourth-order valence-corrected chi connectivity index (χ4v) is 0.861. The molecule has 1 N–H and O–H groups in total. The van der Waals surface area contributed by atoms with Crippen molar-refractivity contribution in [2.24, 2.45) is 0 Å². The number of hydrogen-bond acceptors (Lipinski definition) is 3. The predicted molar refractivity (Wildman–Crippen MR) is 53.4 cm³/mol. The van der Waals surface area contributed by atoms with E-state index in [9.17, 15) is 4.79 Å². The Bertz CT molecular complexity index is 303. The van der Waals surface area contributed by atoms with Crippen molar-refractivity contribution in [3.63, 3.8) is 0 Å². The molecule has 1 rings (SSSR count). The summed E-state index contributed by atoms with van der Waals surface area (Å²) >= 11 is 4.78. The fourth-order valence-electron chi connectivity index (χ4n) is 0.657. The third kappa shape index (κ3) is 3.42. The zero-order valence-electron chi connectivity index (χ0n) is 8.03. The van der Waals surface area contributed by atoms with Crippen molar-refractivity contribution in [3.8, 4) is 0 Å². The quantitative estimate of drug-likeness (QED) is 0.712. The first-order valence-corrected chi connectivity index (χ1v) is 4.59. The molecule has 0 bridgehead atoms. The zero-order chi connectivity index (χ0) is 10.3. The zero-order valence-corrected chi connectivity index (χ0v) is 8.85. The van der Waals surface area contributed by atoms with Crippen LogP contribution in [0.5, 0.6) is 0 Å². The minimum atomic E-state index is -0.446. The summed E-state index contributed by atoms with van der Waals surface area (Å²) in [6, 6.07) is 0. The topological polar surface area (TPSA) is 47.0 Å². The lowest BCUT2D eigenvalue weighted by atomic mass is 10.8. The van der Waals surface area contributed by atoms with Crippen molar-refractivity contribution < 1.29 is 9.53 Å². The van der Waals surface area contributed by atoms with Crippen molar-refractivity contribution >= 4 is 18.3 Å². The molecule has 0 fully saturated rings. The number of H-pyrrole nitrogens is 1. The lowest BCUT2D eigenvalue weighted by Crippen LogP contribution is -2.12. The third-order valence-electron chi connectivity index (χ3n) is 1.11. The van der Waals surface area contributed by atoms with Gasteiger partial charge in [0.15, 0.2) is 4.77 Å². The van der Waals surface area contributed by atoms with Gasteiger partial charge in [-0.3, -0.25) is 0 Å². The Morgan fingerprint density at radius 2 is 2.31 bits per heavy atom. The summed E-state index contributed by atoms with van der Waals surface area (Å²) < 4.78 is 6.29. The van der Waals surface area contributed by atoms with Gasteiger partial charge in [0, 0.05) is 12.4 Å². The normalized spacial score (nSPS) is 8.54. The lowest BCUT2D eigenvalue weighted by molar-refractivity contribution is 0.153. The van der Waals surface area contributed by atoms with Crippen LogP contribution in [0, 0.1) is 4.77 Å². The number of nitrogens with zero attached hydrogens (tertiary/aromatic N) is 1. The van der Waals surface area contributed by atoms with Crippen LogP contribution in [-0.4, -0.2) is 22.3 Å². The van der Waals surface area contributed by atoms with Gasteiger partial charge in [-0.2, -0.15) is 0 Å². The van der Waals surface area contributed by atoms with Crippen LogP contribution in [0.15, 0.2) is 12.4 Å². The Labute approximate surface area is 82.5 Å². The van der Waals surface area contributed by atoms with Crippen LogP contribution in [0.4, 0.5) is 4.79 Å². The summed E-state index contributed by atoms with van der Waals surface area (Å²) in [4.78, 5) is 13.7. The molecule has 0 spiro atoms. The molecule has 0 aliphatic rings. The summed E-state index contributed by atoms with van der Waals surface area (Å²) in [6.07, 6.45) is 2.67. The fraction of sp³-hybridized carbons (Fsp3) is 0.500. The van der Waals surface area contributed by atoms with E-state index in [1.54, 1.807) is 13.1 Å². The van der Waals surface area contributed by atoms with Crippen LogP contribution in [-0.2, 0) is 4.74 Å². The van der Waals surface area contributed by atoms with Crippen LogP contribution < -0.4 is 0 Å². The molecule has 0 atom stereocenters. The van der Waals surface area contributed by atoms with E-state index in [2.05, 4.69) is 4.98 Å². The largest absolute Gasteiger partial charge is 0.449 e. The Morgan fingerprint density at radius 3 is 2.69 bits per heavy atom. The van der Waals surface area contributed by atoms with E-state index < -0.39 is 6.09 Å². The molecule has 5 heteroatoms. The number of carbonyl (C=O) groups excluding carboxylic acids is 1. The Balaban J connectivity index is 0.000000671. The van der Waals surface area contributed by atoms with E-state index in [1.165, 1.54) is 10.8 Å². The van der Waals surface area contributed by atoms with Gasteiger partial charge in [0.25, 0.3) is 0 Å². The van der Waals surface area contributed by atoms with E-state index >= 15 is 0 Å². The highest BCUT2D eigenvalue weighted by atomic mass is 32.1. The lowest BCUT2D eigenvalue weighted by Gasteiger charge is -1.99. The Kier molecular flexibility index (Phi) is 5.88. The second kappa shape index (κ2) is 6.42. The summed E-state index contributed by atoms with van der Waals surface area (Å²) in [5, 5.41) is 0. The van der Waals surface area contributed by atoms with Crippen molar-refractivity contribution in [2.45, 2.75) is 20.8 Å². The number of ether oxygens (including phenoxy) is 1.